The third-order valence-electron chi connectivity index (χ3n) is 2.89. The second kappa shape index (κ2) is 6.01. The molecule has 2 rings (SSSR count). The predicted molar refractivity (Wildman–Crippen MR) is 76.2 cm³/mol. The molecule has 0 aliphatic rings. The van der Waals surface area contributed by atoms with Crippen LogP contribution in [0.1, 0.15) is 21.5 Å². The molecule has 0 aliphatic carbocycles. The number of aromatic nitrogens is 1. The largest absolute Gasteiger partial charge is 0.337 e. The Labute approximate surface area is 122 Å². The minimum absolute atomic E-state index is 0.00694. The van der Waals surface area contributed by atoms with Gasteiger partial charge in [-0.15, -0.1) is 0 Å². The van der Waals surface area contributed by atoms with E-state index in [1.165, 1.54) is 4.90 Å². The average molecular weight is 293 g/mol. The molecule has 20 heavy (non-hydrogen) atoms. The molecule has 0 unspecified atom stereocenters. The van der Waals surface area contributed by atoms with E-state index < -0.39 is 5.82 Å². The summed E-state index contributed by atoms with van der Waals surface area (Å²) in [6.45, 7) is 2.41. The van der Waals surface area contributed by atoms with E-state index in [0.29, 0.717) is 6.54 Å². The number of pyridine rings is 1. The second-order valence-corrected chi connectivity index (χ2v) is 5.00. The Morgan fingerprint density at radius 3 is 2.85 bits per heavy atom. The third-order valence-corrected chi connectivity index (χ3v) is 3.19. The maximum atomic E-state index is 13.2. The molecule has 0 fully saturated rings. The summed E-state index contributed by atoms with van der Waals surface area (Å²) in [4.78, 5) is 17.4. The minimum atomic E-state index is -0.582. The maximum absolute atomic E-state index is 13.2. The Kier molecular flexibility index (Phi) is 4.35. The van der Waals surface area contributed by atoms with Gasteiger partial charge in [-0.05, 0) is 18.6 Å². The van der Waals surface area contributed by atoms with Gasteiger partial charge < -0.3 is 4.90 Å². The molecule has 0 radical (unpaired) electrons. The van der Waals surface area contributed by atoms with Crippen LogP contribution >= 0.6 is 11.6 Å². The van der Waals surface area contributed by atoms with Gasteiger partial charge in [-0.3, -0.25) is 4.79 Å². The lowest BCUT2D eigenvalue weighted by Gasteiger charge is -2.18. The number of nitrogens with zero attached hydrogens (tertiary/aromatic N) is 2. The lowest BCUT2D eigenvalue weighted by Crippen LogP contribution is -2.26. The molecule has 1 amide bonds. The van der Waals surface area contributed by atoms with Crippen LogP contribution in [0, 0.1) is 12.7 Å². The van der Waals surface area contributed by atoms with Crippen molar-refractivity contribution in [1.82, 2.24) is 9.88 Å². The van der Waals surface area contributed by atoms with Crippen LogP contribution < -0.4 is 0 Å². The fourth-order valence-electron chi connectivity index (χ4n) is 1.93. The van der Waals surface area contributed by atoms with Crippen LogP contribution in [0.25, 0.3) is 0 Å². The standard InChI is InChI=1S/C15H14ClFN2O/c1-10-4-3-5-11(6-10)9-19(2)15(20)13-7-12(17)8-18-14(13)16/h3-8H,9H2,1-2H3. The summed E-state index contributed by atoms with van der Waals surface area (Å²) in [5.74, 6) is -0.940. The molecule has 0 N–H and O–H groups in total. The number of amides is 1. The van der Waals surface area contributed by atoms with Gasteiger partial charge in [0.25, 0.3) is 5.91 Å². The summed E-state index contributed by atoms with van der Waals surface area (Å²) in [7, 11) is 1.64. The zero-order chi connectivity index (χ0) is 14.7. The predicted octanol–water partition coefficient (Wildman–Crippen LogP) is 3.45. The third kappa shape index (κ3) is 3.33. The highest BCUT2D eigenvalue weighted by atomic mass is 35.5. The van der Waals surface area contributed by atoms with Gasteiger partial charge >= 0.3 is 0 Å². The van der Waals surface area contributed by atoms with Crippen molar-refractivity contribution in [3.8, 4) is 0 Å². The van der Waals surface area contributed by atoms with Crippen LogP contribution in [0.2, 0.25) is 5.15 Å². The number of hydrogen-bond acceptors (Lipinski definition) is 2. The number of halogens is 2. The van der Waals surface area contributed by atoms with E-state index in [9.17, 15) is 9.18 Å². The first-order chi connectivity index (χ1) is 9.47. The van der Waals surface area contributed by atoms with Gasteiger partial charge in [0, 0.05) is 13.6 Å². The molecule has 1 aromatic carbocycles. The first-order valence-corrected chi connectivity index (χ1v) is 6.47. The molecule has 0 bridgehead atoms. The monoisotopic (exact) mass is 292 g/mol. The van der Waals surface area contributed by atoms with Crippen molar-refractivity contribution >= 4 is 17.5 Å². The molecule has 3 nitrogen and oxygen atoms in total. The SMILES string of the molecule is Cc1cccc(CN(C)C(=O)c2cc(F)cnc2Cl)c1. The van der Waals surface area contributed by atoms with Crippen molar-refractivity contribution in [1.29, 1.82) is 0 Å². The molecule has 0 spiro atoms. The van der Waals surface area contributed by atoms with E-state index in [4.69, 9.17) is 11.6 Å². The van der Waals surface area contributed by atoms with Gasteiger partial charge in [-0.1, -0.05) is 41.4 Å². The van der Waals surface area contributed by atoms with Gasteiger partial charge in [0.15, 0.2) is 0 Å². The van der Waals surface area contributed by atoms with E-state index in [-0.39, 0.29) is 16.6 Å². The molecule has 1 aromatic heterocycles. The van der Waals surface area contributed by atoms with E-state index >= 15 is 0 Å². The number of hydrogen-bond donors (Lipinski definition) is 0. The normalized spacial score (nSPS) is 10.4. The Morgan fingerprint density at radius 1 is 1.40 bits per heavy atom. The molecule has 0 atom stereocenters. The average Bonchev–Trinajstić information content (AvgIpc) is 2.40. The molecule has 104 valence electrons. The molecular weight excluding hydrogens is 279 g/mol. The van der Waals surface area contributed by atoms with E-state index in [2.05, 4.69) is 4.98 Å². The topological polar surface area (TPSA) is 33.2 Å². The lowest BCUT2D eigenvalue weighted by atomic mass is 10.1. The molecule has 5 heteroatoms. The summed E-state index contributed by atoms with van der Waals surface area (Å²) in [5.41, 5.74) is 2.19. The fourth-order valence-corrected chi connectivity index (χ4v) is 2.12. The highest BCUT2D eigenvalue weighted by molar-refractivity contribution is 6.32. The van der Waals surface area contributed by atoms with Crippen molar-refractivity contribution in [2.45, 2.75) is 13.5 Å². The number of aryl methyl sites for hydroxylation is 1. The summed E-state index contributed by atoms with van der Waals surface area (Å²) in [5, 5.41) is 0.00694. The first-order valence-electron chi connectivity index (χ1n) is 6.09. The lowest BCUT2D eigenvalue weighted by molar-refractivity contribution is 0.0784. The van der Waals surface area contributed by atoms with Crippen LogP contribution in [0.5, 0.6) is 0 Å². The zero-order valence-corrected chi connectivity index (χ0v) is 12.0. The van der Waals surface area contributed by atoms with Crippen LogP contribution in [0.3, 0.4) is 0 Å². The molecule has 0 saturated carbocycles. The number of carbonyl (C=O) groups excluding carboxylic acids is 1. The number of rotatable bonds is 3. The summed E-state index contributed by atoms with van der Waals surface area (Å²) in [6, 6.07) is 8.94. The Morgan fingerprint density at radius 2 is 2.15 bits per heavy atom. The van der Waals surface area contributed by atoms with Gasteiger partial charge in [0.05, 0.1) is 11.8 Å². The summed E-state index contributed by atoms with van der Waals surface area (Å²) < 4.78 is 13.2. The van der Waals surface area contributed by atoms with E-state index in [0.717, 1.165) is 23.4 Å². The molecule has 0 saturated heterocycles. The molecule has 1 heterocycles. The van der Waals surface area contributed by atoms with E-state index in [1.54, 1.807) is 7.05 Å². The first kappa shape index (κ1) is 14.5. The highest BCUT2D eigenvalue weighted by Crippen LogP contribution is 2.17. The smallest absolute Gasteiger partial charge is 0.257 e. The maximum Gasteiger partial charge on any atom is 0.257 e. The molecular formula is C15H14ClFN2O. The fraction of sp³-hybridized carbons (Fsp3) is 0.200. The Balaban J connectivity index is 2.18. The number of benzene rings is 1. The van der Waals surface area contributed by atoms with Crippen LogP contribution in [0.4, 0.5) is 4.39 Å². The Hall–Kier alpha value is -1.94. The summed E-state index contributed by atoms with van der Waals surface area (Å²) in [6.07, 6.45) is 0.986. The Bertz CT molecular complexity index is 646. The molecule has 2 aromatic rings. The minimum Gasteiger partial charge on any atom is -0.337 e. The van der Waals surface area contributed by atoms with Crippen LogP contribution in [-0.2, 0) is 6.54 Å². The van der Waals surface area contributed by atoms with Crippen molar-refractivity contribution < 1.29 is 9.18 Å². The van der Waals surface area contributed by atoms with Gasteiger partial charge in [0.2, 0.25) is 0 Å². The van der Waals surface area contributed by atoms with Crippen molar-refractivity contribution in [2.24, 2.45) is 0 Å². The highest BCUT2D eigenvalue weighted by Gasteiger charge is 2.17. The van der Waals surface area contributed by atoms with Crippen LogP contribution in [0.15, 0.2) is 36.5 Å². The van der Waals surface area contributed by atoms with Crippen molar-refractivity contribution in [3.63, 3.8) is 0 Å². The van der Waals surface area contributed by atoms with Crippen molar-refractivity contribution in [2.75, 3.05) is 7.05 Å². The second-order valence-electron chi connectivity index (χ2n) is 4.64. The van der Waals surface area contributed by atoms with Gasteiger partial charge in [-0.25, -0.2) is 9.37 Å². The van der Waals surface area contributed by atoms with Crippen molar-refractivity contribution in [3.05, 3.63) is 64.2 Å². The van der Waals surface area contributed by atoms with E-state index in [1.807, 2.05) is 31.2 Å². The van der Waals surface area contributed by atoms with Gasteiger partial charge in [0.1, 0.15) is 11.0 Å². The van der Waals surface area contributed by atoms with Crippen LogP contribution in [-0.4, -0.2) is 22.8 Å². The zero-order valence-electron chi connectivity index (χ0n) is 11.2. The molecule has 0 aliphatic heterocycles. The quantitative estimate of drug-likeness (QED) is 0.812. The van der Waals surface area contributed by atoms with Gasteiger partial charge in [-0.2, -0.15) is 0 Å². The summed E-state index contributed by atoms with van der Waals surface area (Å²) >= 11 is 5.84. The number of carbonyl (C=O) groups is 1.